The van der Waals surface area contributed by atoms with Crippen LogP contribution in [0.4, 0.5) is 4.39 Å². The molecule has 2 rings (SSSR count). The van der Waals surface area contributed by atoms with Crippen molar-refractivity contribution in [3.8, 4) is 11.1 Å². The molecule has 0 aromatic heterocycles. The van der Waals surface area contributed by atoms with Gasteiger partial charge < -0.3 is 38.4 Å². The third-order valence-corrected chi connectivity index (χ3v) is 6.25. The smallest absolute Gasteiger partial charge is 0.326 e. The van der Waals surface area contributed by atoms with Crippen molar-refractivity contribution in [2.75, 3.05) is 6.54 Å². The van der Waals surface area contributed by atoms with Crippen molar-refractivity contribution in [2.45, 2.75) is 50.2 Å². The molecule has 0 aliphatic rings. The third-order valence-electron chi connectivity index (χ3n) is 6.02. The number of amides is 2. The van der Waals surface area contributed by atoms with Crippen LogP contribution in [0.25, 0.3) is 11.1 Å². The first-order valence-electron chi connectivity index (χ1n) is 12.3. The van der Waals surface area contributed by atoms with Crippen LogP contribution in [-0.2, 0) is 20.8 Å². The summed E-state index contributed by atoms with van der Waals surface area (Å²) < 4.78 is 14.3. The maximum absolute atomic E-state index is 14.3. The van der Waals surface area contributed by atoms with Crippen molar-refractivity contribution in [1.82, 2.24) is 16.1 Å². The number of benzene rings is 2. The summed E-state index contributed by atoms with van der Waals surface area (Å²) >= 11 is 6.00. The van der Waals surface area contributed by atoms with Gasteiger partial charge in [0, 0.05) is 22.8 Å². The fourth-order valence-electron chi connectivity index (χ4n) is 3.89. The summed E-state index contributed by atoms with van der Waals surface area (Å²) in [6.07, 6.45) is 2.63. The molecule has 13 heteroatoms. The quantitative estimate of drug-likeness (QED) is 0.0666. The van der Waals surface area contributed by atoms with Gasteiger partial charge in [-0.05, 0) is 61.6 Å². The fraction of sp³-hybridized carbons (Fsp3) is 0.346. The minimum absolute atomic E-state index is 0.135. The highest BCUT2D eigenvalue weighted by Gasteiger charge is 2.28. The number of carboxylic acids is 1. The predicted octanol–water partition coefficient (Wildman–Crippen LogP) is 0.853. The van der Waals surface area contributed by atoms with Crippen LogP contribution in [-0.4, -0.2) is 47.6 Å². The van der Waals surface area contributed by atoms with Crippen LogP contribution >= 0.6 is 11.6 Å². The topological polar surface area (TPSA) is 212 Å². The second-order valence-corrected chi connectivity index (χ2v) is 9.38. The normalized spacial score (nSPS) is 13.7. The second-order valence-electron chi connectivity index (χ2n) is 8.95. The van der Waals surface area contributed by atoms with Gasteiger partial charge >= 0.3 is 5.97 Å². The predicted molar refractivity (Wildman–Crippen MR) is 147 cm³/mol. The number of hydrogen-bond donors (Lipinski definition) is 8. The van der Waals surface area contributed by atoms with E-state index in [1.54, 1.807) is 24.3 Å². The summed E-state index contributed by atoms with van der Waals surface area (Å²) in [6.45, 7) is 0.458. The molecule has 39 heavy (non-hydrogen) atoms. The van der Waals surface area contributed by atoms with E-state index in [1.165, 1.54) is 18.2 Å². The molecule has 0 heterocycles. The van der Waals surface area contributed by atoms with E-state index in [0.29, 0.717) is 47.5 Å². The van der Waals surface area contributed by atoms with Crippen molar-refractivity contribution in [3.05, 3.63) is 70.8 Å². The average Bonchev–Trinajstić information content (AvgIpc) is 2.90. The Kier molecular flexibility index (Phi) is 12.6. The minimum Gasteiger partial charge on any atom is -0.480 e. The molecular formula is C26H35ClFN7O4. The van der Waals surface area contributed by atoms with E-state index in [2.05, 4.69) is 16.1 Å². The van der Waals surface area contributed by atoms with Crippen LogP contribution in [0.2, 0.25) is 5.02 Å². The third kappa shape index (κ3) is 9.84. The Bertz CT molecular complexity index is 1160. The molecule has 11 nitrogen and oxygen atoms in total. The first-order valence-corrected chi connectivity index (χ1v) is 12.7. The lowest BCUT2D eigenvalue weighted by atomic mass is 9.96. The number of nitrogens with two attached hydrogens (primary N) is 4. The van der Waals surface area contributed by atoms with Crippen molar-refractivity contribution in [2.24, 2.45) is 23.0 Å². The number of hydrogen-bond acceptors (Lipinski definition) is 8. The Morgan fingerprint density at radius 1 is 1.08 bits per heavy atom. The van der Waals surface area contributed by atoms with Crippen LogP contribution in [0, 0.1) is 5.82 Å². The monoisotopic (exact) mass is 563 g/mol. The van der Waals surface area contributed by atoms with E-state index in [-0.39, 0.29) is 18.5 Å². The number of unbranched alkanes of at least 4 members (excludes halogenated alkanes) is 1. The van der Waals surface area contributed by atoms with Gasteiger partial charge in [-0.3, -0.25) is 15.4 Å². The molecule has 12 N–H and O–H groups in total. The lowest BCUT2D eigenvalue weighted by molar-refractivity contribution is -0.142. The van der Waals surface area contributed by atoms with E-state index < -0.39 is 41.7 Å². The van der Waals surface area contributed by atoms with Crippen LogP contribution < -0.4 is 39.1 Å². The lowest BCUT2D eigenvalue weighted by Crippen LogP contribution is -2.52. The minimum atomic E-state index is -1.35. The van der Waals surface area contributed by atoms with E-state index in [0.717, 1.165) is 6.20 Å². The molecule has 212 valence electrons. The van der Waals surface area contributed by atoms with Crippen LogP contribution in [0.15, 0.2) is 54.4 Å². The highest BCUT2D eigenvalue weighted by molar-refractivity contribution is 6.30. The van der Waals surface area contributed by atoms with Crippen LogP contribution in [0.5, 0.6) is 0 Å². The molecule has 0 bridgehead atoms. The maximum atomic E-state index is 14.3. The van der Waals surface area contributed by atoms with Crippen molar-refractivity contribution in [1.29, 1.82) is 0 Å². The van der Waals surface area contributed by atoms with Gasteiger partial charge in [0.15, 0.2) is 0 Å². The molecule has 2 aromatic carbocycles. The van der Waals surface area contributed by atoms with Crippen molar-refractivity contribution in [3.63, 3.8) is 0 Å². The summed E-state index contributed by atoms with van der Waals surface area (Å²) in [5.41, 5.74) is 20.4. The van der Waals surface area contributed by atoms with Gasteiger partial charge in [-0.1, -0.05) is 42.3 Å². The number of aliphatic carboxylic acids is 1. The van der Waals surface area contributed by atoms with Crippen molar-refractivity contribution >= 4 is 29.4 Å². The molecule has 2 aromatic rings. The van der Waals surface area contributed by atoms with Gasteiger partial charge in [-0.15, -0.1) is 0 Å². The molecule has 0 saturated carbocycles. The second kappa shape index (κ2) is 15.6. The summed E-state index contributed by atoms with van der Waals surface area (Å²) in [5.74, 6) is 2.31. The number of carbonyl (C=O) groups is 3. The zero-order chi connectivity index (χ0) is 28.9. The lowest BCUT2D eigenvalue weighted by Gasteiger charge is -2.25. The number of rotatable bonds is 15. The first-order chi connectivity index (χ1) is 18.6. The van der Waals surface area contributed by atoms with Gasteiger partial charge in [0.1, 0.15) is 17.6 Å². The molecule has 0 aliphatic heterocycles. The van der Waals surface area contributed by atoms with Crippen LogP contribution in [0.1, 0.15) is 31.2 Å². The molecular weight excluding hydrogens is 529 g/mol. The largest absolute Gasteiger partial charge is 0.480 e. The molecule has 2 amide bonds. The van der Waals surface area contributed by atoms with E-state index in [9.17, 15) is 23.9 Å². The average molecular weight is 564 g/mol. The summed E-state index contributed by atoms with van der Waals surface area (Å²) in [7, 11) is 0. The Balaban J connectivity index is 2.23. The maximum Gasteiger partial charge on any atom is 0.326 e. The Hall–Kier alpha value is -3.71. The highest BCUT2D eigenvalue weighted by Crippen LogP contribution is 2.26. The molecule has 0 radical (unpaired) electrons. The summed E-state index contributed by atoms with van der Waals surface area (Å²) in [5, 5.41) is 15.3. The van der Waals surface area contributed by atoms with Crippen molar-refractivity contribution < 1.29 is 23.9 Å². The molecule has 0 spiro atoms. The molecule has 0 saturated heterocycles. The number of hydrazine groups is 1. The summed E-state index contributed by atoms with van der Waals surface area (Å²) in [4.78, 5) is 37.2. The van der Waals surface area contributed by atoms with E-state index in [1.807, 2.05) is 0 Å². The highest BCUT2D eigenvalue weighted by atomic mass is 35.5. The van der Waals surface area contributed by atoms with E-state index in [4.69, 9.17) is 34.6 Å². The zero-order valence-corrected chi connectivity index (χ0v) is 22.1. The summed E-state index contributed by atoms with van der Waals surface area (Å²) in [6, 6.07) is 8.02. The first kappa shape index (κ1) is 31.5. The Morgan fingerprint density at radius 3 is 2.36 bits per heavy atom. The van der Waals surface area contributed by atoms with Gasteiger partial charge in [0.2, 0.25) is 5.91 Å². The zero-order valence-electron chi connectivity index (χ0n) is 21.3. The molecule has 1 unspecified atom stereocenters. The molecule has 3 atom stereocenters. The standard InChI is InChI=1S/C26H35ClFN7O4/c27-17-8-9-20(28)19(12-17)16-6-4-15(5-7-16)11-18(33-25(37)23(14-30)35-32)13-22(26(38)39)34-24(36)21(31)3-1-2-10-29/h4-9,12,14,18,21-22,35H,1-3,10-11,13,29-32H2,(H,33,37)(H,34,36)(H,38,39)/b23-14-/t18-,21+,22?/m1/s1. The number of nitrogens with one attached hydrogen (secondary N) is 3. The van der Waals surface area contributed by atoms with Crippen LogP contribution in [0.3, 0.4) is 0 Å². The molecule has 0 fully saturated rings. The number of carboxylic acid groups (broad SMARTS) is 1. The number of carbonyl (C=O) groups excluding carboxylic acids is 2. The SMILES string of the molecule is N/C=C(\NN)C(=O)N[C@H](Cc1ccc(-c2cc(Cl)ccc2F)cc1)CC(NC(=O)[C@@H](N)CCCCN)C(=O)O. The van der Waals surface area contributed by atoms with Gasteiger partial charge in [-0.2, -0.15) is 0 Å². The number of halogens is 2. The van der Waals surface area contributed by atoms with Gasteiger partial charge in [-0.25, -0.2) is 9.18 Å². The Labute approximate surface area is 231 Å². The van der Waals surface area contributed by atoms with Gasteiger partial charge in [0.25, 0.3) is 5.91 Å². The molecule has 0 aliphatic carbocycles. The Morgan fingerprint density at radius 2 is 1.77 bits per heavy atom. The van der Waals surface area contributed by atoms with Gasteiger partial charge in [0.05, 0.1) is 6.04 Å². The fourth-order valence-corrected chi connectivity index (χ4v) is 4.07. The van der Waals surface area contributed by atoms with E-state index >= 15 is 0 Å².